The van der Waals surface area contributed by atoms with Crippen LogP contribution in [0.25, 0.3) is 0 Å². The number of carbonyl (C=O) groups is 1. The van der Waals surface area contributed by atoms with Gasteiger partial charge in [-0.05, 0) is 43.4 Å². The van der Waals surface area contributed by atoms with Gasteiger partial charge in [-0.3, -0.25) is 4.79 Å². The summed E-state index contributed by atoms with van der Waals surface area (Å²) in [4.78, 5) is 14.5. The van der Waals surface area contributed by atoms with Gasteiger partial charge in [-0.15, -0.1) is 0 Å². The Balaban J connectivity index is 1.47. The standard InChI is InChI=1S/C16H27NO2/c1-19-15-8-13-10-17(11-14(13)9-15)16(18)7-12-5-3-2-4-6-12/h12-15H,2-11H2,1H3/t13-,14+,15?. The van der Waals surface area contributed by atoms with Crippen molar-refractivity contribution in [2.45, 2.75) is 57.5 Å². The lowest BCUT2D eigenvalue weighted by Gasteiger charge is -2.25. The molecule has 0 aromatic carbocycles. The summed E-state index contributed by atoms with van der Waals surface area (Å²) < 4.78 is 5.46. The van der Waals surface area contributed by atoms with Crippen LogP contribution in [0.4, 0.5) is 0 Å². The minimum atomic E-state index is 0.426. The van der Waals surface area contributed by atoms with Gasteiger partial charge >= 0.3 is 0 Å². The lowest BCUT2D eigenvalue weighted by Crippen LogP contribution is -2.32. The molecule has 1 amide bonds. The van der Waals surface area contributed by atoms with Gasteiger partial charge in [0.15, 0.2) is 0 Å². The fourth-order valence-electron chi connectivity index (χ4n) is 4.41. The molecule has 0 radical (unpaired) electrons. The minimum absolute atomic E-state index is 0.426. The quantitative estimate of drug-likeness (QED) is 0.785. The molecular formula is C16H27NO2. The van der Waals surface area contributed by atoms with Crippen molar-refractivity contribution in [2.75, 3.05) is 20.2 Å². The maximum atomic E-state index is 12.4. The molecule has 1 unspecified atom stereocenters. The molecule has 0 N–H and O–H groups in total. The van der Waals surface area contributed by atoms with Gasteiger partial charge in [0.25, 0.3) is 0 Å². The summed E-state index contributed by atoms with van der Waals surface area (Å²) in [7, 11) is 1.82. The number of methoxy groups -OCH3 is 1. The second-order valence-corrected chi connectivity index (χ2v) is 6.86. The van der Waals surface area contributed by atoms with E-state index in [1.807, 2.05) is 7.11 Å². The summed E-state index contributed by atoms with van der Waals surface area (Å²) in [6, 6.07) is 0. The van der Waals surface area contributed by atoms with Crippen molar-refractivity contribution in [1.29, 1.82) is 0 Å². The topological polar surface area (TPSA) is 29.5 Å². The van der Waals surface area contributed by atoms with Crippen molar-refractivity contribution in [3.8, 4) is 0 Å². The van der Waals surface area contributed by atoms with E-state index < -0.39 is 0 Å². The minimum Gasteiger partial charge on any atom is -0.381 e. The van der Waals surface area contributed by atoms with Crippen molar-refractivity contribution >= 4 is 5.91 Å². The zero-order chi connectivity index (χ0) is 13.2. The van der Waals surface area contributed by atoms with Crippen molar-refractivity contribution in [2.24, 2.45) is 17.8 Å². The number of hydrogen-bond donors (Lipinski definition) is 0. The van der Waals surface area contributed by atoms with Crippen LogP contribution in [0, 0.1) is 17.8 Å². The lowest BCUT2D eigenvalue weighted by molar-refractivity contribution is -0.131. The molecule has 3 fully saturated rings. The van der Waals surface area contributed by atoms with Gasteiger partial charge in [0.05, 0.1) is 6.10 Å². The van der Waals surface area contributed by atoms with Crippen LogP contribution in [0.15, 0.2) is 0 Å². The molecule has 0 bridgehead atoms. The molecule has 1 saturated heterocycles. The Bertz CT molecular complexity index is 311. The van der Waals surface area contributed by atoms with Gasteiger partial charge in [0, 0.05) is 26.6 Å². The maximum Gasteiger partial charge on any atom is 0.222 e. The molecule has 1 aliphatic heterocycles. The Morgan fingerprint density at radius 3 is 2.32 bits per heavy atom. The third-order valence-corrected chi connectivity index (χ3v) is 5.58. The van der Waals surface area contributed by atoms with Crippen molar-refractivity contribution in [3.63, 3.8) is 0 Å². The number of nitrogens with zero attached hydrogens (tertiary/aromatic N) is 1. The lowest BCUT2D eigenvalue weighted by atomic mass is 9.86. The van der Waals surface area contributed by atoms with Gasteiger partial charge in [0.2, 0.25) is 5.91 Å². The Labute approximate surface area is 116 Å². The zero-order valence-corrected chi connectivity index (χ0v) is 12.1. The Morgan fingerprint density at radius 1 is 1.11 bits per heavy atom. The van der Waals surface area contributed by atoms with Gasteiger partial charge < -0.3 is 9.64 Å². The summed E-state index contributed by atoms with van der Waals surface area (Å²) in [5.41, 5.74) is 0. The zero-order valence-electron chi connectivity index (χ0n) is 12.1. The molecule has 19 heavy (non-hydrogen) atoms. The van der Waals surface area contributed by atoms with E-state index in [1.165, 1.54) is 32.1 Å². The summed E-state index contributed by atoms with van der Waals surface area (Å²) >= 11 is 0. The number of carbonyl (C=O) groups excluding carboxylic acids is 1. The number of fused-ring (bicyclic) bond motifs is 1. The third kappa shape index (κ3) is 2.96. The predicted octanol–water partition coefficient (Wildman–Crippen LogP) is 2.84. The summed E-state index contributed by atoms with van der Waals surface area (Å²) in [5.74, 6) is 2.52. The Hall–Kier alpha value is -0.570. The molecule has 2 saturated carbocycles. The molecule has 3 nitrogen and oxygen atoms in total. The molecule has 0 spiro atoms. The smallest absolute Gasteiger partial charge is 0.222 e. The van der Waals surface area contributed by atoms with Crippen LogP contribution < -0.4 is 0 Å². The highest BCUT2D eigenvalue weighted by atomic mass is 16.5. The number of hydrogen-bond acceptors (Lipinski definition) is 2. The van der Waals surface area contributed by atoms with Crippen LogP contribution in [0.5, 0.6) is 0 Å². The molecule has 0 aromatic rings. The first-order valence-electron chi connectivity index (χ1n) is 8.07. The van der Waals surface area contributed by atoms with Crippen LogP contribution in [0.1, 0.15) is 51.4 Å². The normalized spacial score (nSPS) is 35.6. The highest BCUT2D eigenvalue weighted by Crippen LogP contribution is 2.39. The molecular weight excluding hydrogens is 238 g/mol. The highest BCUT2D eigenvalue weighted by Gasteiger charge is 2.42. The number of ether oxygens (including phenoxy) is 1. The average molecular weight is 265 g/mol. The second kappa shape index (κ2) is 5.82. The third-order valence-electron chi connectivity index (χ3n) is 5.58. The number of likely N-dealkylation sites (tertiary alicyclic amines) is 1. The molecule has 3 atom stereocenters. The van der Waals surface area contributed by atoms with Crippen molar-refractivity contribution in [3.05, 3.63) is 0 Å². The first-order valence-corrected chi connectivity index (χ1v) is 8.07. The van der Waals surface area contributed by atoms with Gasteiger partial charge in [-0.25, -0.2) is 0 Å². The van der Waals surface area contributed by atoms with Crippen LogP contribution in [0.3, 0.4) is 0 Å². The van der Waals surface area contributed by atoms with Crippen molar-refractivity contribution < 1.29 is 9.53 Å². The van der Waals surface area contributed by atoms with Crippen LogP contribution in [-0.2, 0) is 9.53 Å². The molecule has 3 aliphatic rings. The van der Waals surface area contributed by atoms with Crippen LogP contribution >= 0.6 is 0 Å². The monoisotopic (exact) mass is 265 g/mol. The van der Waals surface area contributed by atoms with Crippen LogP contribution in [0.2, 0.25) is 0 Å². The largest absolute Gasteiger partial charge is 0.381 e. The fourth-order valence-corrected chi connectivity index (χ4v) is 4.41. The molecule has 108 valence electrons. The van der Waals surface area contributed by atoms with E-state index in [1.54, 1.807) is 0 Å². The second-order valence-electron chi connectivity index (χ2n) is 6.86. The van der Waals surface area contributed by atoms with E-state index in [0.717, 1.165) is 32.4 Å². The van der Waals surface area contributed by atoms with E-state index in [-0.39, 0.29) is 0 Å². The summed E-state index contributed by atoms with van der Waals surface area (Å²) in [6.07, 6.45) is 10.2. The van der Waals surface area contributed by atoms with Gasteiger partial charge in [0.1, 0.15) is 0 Å². The first-order chi connectivity index (χ1) is 9.26. The number of amides is 1. The average Bonchev–Trinajstić information content (AvgIpc) is 2.97. The Morgan fingerprint density at radius 2 is 1.74 bits per heavy atom. The van der Waals surface area contributed by atoms with Crippen LogP contribution in [-0.4, -0.2) is 37.1 Å². The highest BCUT2D eigenvalue weighted by molar-refractivity contribution is 5.76. The molecule has 0 aromatic heterocycles. The first kappa shape index (κ1) is 13.4. The van der Waals surface area contributed by atoms with Gasteiger partial charge in [-0.1, -0.05) is 19.3 Å². The Kier molecular flexibility index (Phi) is 4.11. The van der Waals surface area contributed by atoms with E-state index in [4.69, 9.17) is 4.74 Å². The number of rotatable bonds is 3. The van der Waals surface area contributed by atoms with Crippen molar-refractivity contribution in [1.82, 2.24) is 4.90 Å². The fraction of sp³-hybridized carbons (Fsp3) is 0.938. The van der Waals surface area contributed by atoms with E-state index in [0.29, 0.717) is 29.8 Å². The molecule has 3 heteroatoms. The van der Waals surface area contributed by atoms with E-state index in [2.05, 4.69) is 4.90 Å². The van der Waals surface area contributed by atoms with Gasteiger partial charge in [-0.2, -0.15) is 0 Å². The summed E-state index contributed by atoms with van der Waals surface area (Å²) in [5, 5.41) is 0. The van der Waals surface area contributed by atoms with E-state index >= 15 is 0 Å². The predicted molar refractivity (Wildman–Crippen MR) is 74.8 cm³/mol. The maximum absolute atomic E-state index is 12.4. The molecule has 1 heterocycles. The molecule has 2 aliphatic carbocycles. The summed E-state index contributed by atoms with van der Waals surface area (Å²) in [6.45, 7) is 1.99. The SMILES string of the molecule is COC1C[C@@H]2CN(C(=O)CC3CCCCC3)C[C@@H]2C1. The van der Waals surface area contributed by atoms with E-state index in [9.17, 15) is 4.79 Å². The molecule has 3 rings (SSSR count).